The first kappa shape index (κ1) is 21.5. The summed E-state index contributed by atoms with van der Waals surface area (Å²) in [7, 11) is -3.86. The van der Waals surface area contributed by atoms with Gasteiger partial charge in [-0.3, -0.25) is 9.59 Å². The molecule has 2 aromatic carbocycles. The molecule has 1 fully saturated rings. The number of Topliss-reactive ketones (excluding diaryl/α,β-unsaturated/α-hetero) is 1. The van der Waals surface area contributed by atoms with Crippen molar-refractivity contribution in [2.24, 2.45) is 0 Å². The summed E-state index contributed by atoms with van der Waals surface area (Å²) >= 11 is 5.82. The number of ether oxygens (including phenoxy) is 1. The van der Waals surface area contributed by atoms with Crippen LogP contribution in [0, 0.1) is 0 Å². The van der Waals surface area contributed by atoms with Gasteiger partial charge in [0.2, 0.25) is 10.0 Å². The lowest BCUT2D eigenvalue weighted by atomic mass is 10.1. The fraction of sp³-hybridized carbons (Fsp3) is 0.333. The number of hydrogen-bond donors (Lipinski definition) is 0. The molecule has 2 aromatic rings. The molecule has 3 rings (SSSR count). The molecule has 1 unspecified atom stereocenters. The van der Waals surface area contributed by atoms with Crippen molar-refractivity contribution in [3.63, 3.8) is 0 Å². The maximum Gasteiger partial charge on any atom is 0.324 e. The number of sulfonamides is 1. The Kier molecular flexibility index (Phi) is 6.72. The molecule has 0 aliphatic carbocycles. The van der Waals surface area contributed by atoms with Crippen molar-refractivity contribution >= 4 is 33.4 Å². The highest BCUT2D eigenvalue weighted by Crippen LogP contribution is 2.27. The lowest BCUT2D eigenvalue weighted by molar-refractivity contribution is -0.146. The van der Waals surface area contributed by atoms with Gasteiger partial charge in [-0.1, -0.05) is 42.8 Å². The predicted molar refractivity (Wildman–Crippen MR) is 109 cm³/mol. The van der Waals surface area contributed by atoms with Crippen molar-refractivity contribution in [2.45, 2.75) is 37.1 Å². The van der Waals surface area contributed by atoms with Gasteiger partial charge in [0.1, 0.15) is 6.04 Å². The maximum absolute atomic E-state index is 12.9. The van der Waals surface area contributed by atoms with E-state index in [1.165, 1.54) is 24.3 Å². The number of carbonyl (C=O) groups excluding carboxylic acids is 2. The quantitative estimate of drug-likeness (QED) is 0.491. The van der Waals surface area contributed by atoms with Crippen molar-refractivity contribution in [3.8, 4) is 0 Å². The Balaban J connectivity index is 1.66. The number of esters is 1. The van der Waals surface area contributed by atoms with E-state index in [4.69, 9.17) is 16.3 Å². The molecule has 0 bridgehead atoms. The molecule has 1 saturated heterocycles. The van der Waals surface area contributed by atoms with Gasteiger partial charge in [-0.25, -0.2) is 8.42 Å². The molecule has 1 atom stereocenters. The van der Waals surface area contributed by atoms with Crippen molar-refractivity contribution in [1.29, 1.82) is 0 Å². The van der Waals surface area contributed by atoms with Crippen molar-refractivity contribution in [3.05, 3.63) is 64.7 Å². The van der Waals surface area contributed by atoms with Crippen LogP contribution in [-0.4, -0.2) is 43.7 Å². The molecular weight excluding hydrogens is 414 g/mol. The number of rotatable bonds is 7. The number of halogens is 1. The van der Waals surface area contributed by atoms with Crippen LogP contribution in [0.2, 0.25) is 5.02 Å². The third-order valence-corrected chi connectivity index (χ3v) is 7.10. The minimum atomic E-state index is -3.86. The molecule has 0 radical (unpaired) electrons. The Labute approximate surface area is 175 Å². The SMILES string of the molecule is CCc1ccc(C(=O)COC(=O)C2CCCN2S(=O)(=O)c2ccc(Cl)cc2)cc1. The summed E-state index contributed by atoms with van der Waals surface area (Å²) in [6.45, 7) is 1.82. The van der Waals surface area contributed by atoms with Gasteiger partial charge in [0.15, 0.2) is 12.4 Å². The van der Waals surface area contributed by atoms with Gasteiger partial charge >= 0.3 is 5.97 Å². The number of benzene rings is 2. The highest BCUT2D eigenvalue weighted by atomic mass is 35.5. The average Bonchev–Trinajstić information content (AvgIpc) is 3.23. The van der Waals surface area contributed by atoms with Crippen LogP contribution in [0.3, 0.4) is 0 Å². The minimum Gasteiger partial charge on any atom is -0.456 e. The minimum absolute atomic E-state index is 0.0636. The van der Waals surface area contributed by atoms with Crippen LogP contribution in [0.1, 0.15) is 35.7 Å². The number of aryl methyl sites for hydroxylation is 1. The average molecular weight is 436 g/mol. The maximum atomic E-state index is 12.9. The van der Waals surface area contributed by atoms with Crippen LogP contribution in [0.5, 0.6) is 0 Å². The third kappa shape index (κ3) is 4.86. The van der Waals surface area contributed by atoms with E-state index in [2.05, 4.69) is 0 Å². The first-order valence-corrected chi connectivity index (χ1v) is 11.2. The van der Waals surface area contributed by atoms with Crippen LogP contribution in [-0.2, 0) is 26.0 Å². The molecule has 0 N–H and O–H groups in total. The Morgan fingerprint density at radius 2 is 1.76 bits per heavy atom. The zero-order valence-corrected chi connectivity index (χ0v) is 17.6. The third-order valence-electron chi connectivity index (χ3n) is 4.93. The van der Waals surface area contributed by atoms with Gasteiger partial charge in [-0.2, -0.15) is 4.31 Å². The van der Waals surface area contributed by atoms with Crippen molar-refractivity contribution in [2.75, 3.05) is 13.2 Å². The van der Waals surface area contributed by atoms with E-state index in [9.17, 15) is 18.0 Å². The second kappa shape index (κ2) is 9.07. The first-order valence-electron chi connectivity index (χ1n) is 9.39. The molecule has 154 valence electrons. The van der Waals surface area contributed by atoms with Crippen LogP contribution in [0.15, 0.2) is 53.4 Å². The lowest BCUT2D eigenvalue weighted by Gasteiger charge is -2.22. The molecule has 0 saturated carbocycles. The lowest BCUT2D eigenvalue weighted by Crippen LogP contribution is -2.41. The first-order chi connectivity index (χ1) is 13.8. The molecule has 0 amide bonds. The van der Waals surface area contributed by atoms with Gasteiger partial charge in [0, 0.05) is 17.1 Å². The fourth-order valence-corrected chi connectivity index (χ4v) is 5.02. The highest BCUT2D eigenvalue weighted by Gasteiger charge is 2.40. The highest BCUT2D eigenvalue weighted by molar-refractivity contribution is 7.89. The topological polar surface area (TPSA) is 80.8 Å². The van der Waals surface area contributed by atoms with E-state index < -0.39 is 28.6 Å². The van der Waals surface area contributed by atoms with Crippen LogP contribution >= 0.6 is 11.6 Å². The van der Waals surface area contributed by atoms with Crippen LogP contribution < -0.4 is 0 Å². The summed E-state index contributed by atoms with van der Waals surface area (Å²) in [6, 6.07) is 11.9. The monoisotopic (exact) mass is 435 g/mol. The second-order valence-corrected chi connectivity index (χ2v) is 9.14. The zero-order valence-electron chi connectivity index (χ0n) is 16.0. The number of carbonyl (C=O) groups is 2. The summed E-state index contributed by atoms with van der Waals surface area (Å²) in [5.74, 6) is -1.04. The molecular formula is C21H22ClNO5S. The number of hydrogen-bond acceptors (Lipinski definition) is 5. The molecule has 0 aromatic heterocycles. The molecule has 1 heterocycles. The largest absolute Gasteiger partial charge is 0.456 e. The molecule has 8 heteroatoms. The van der Waals surface area contributed by atoms with Crippen molar-refractivity contribution in [1.82, 2.24) is 4.31 Å². The molecule has 1 aliphatic heterocycles. The number of ketones is 1. The summed E-state index contributed by atoms with van der Waals surface area (Å²) in [5.41, 5.74) is 1.56. The predicted octanol–water partition coefficient (Wildman–Crippen LogP) is 3.48. The molecule has 6 nitrogen and oxygen atoms in total. The van der Waals surface area contributed by atoms with E-state index in [0.717, 1.165) is 16.3 Å². The summed E-state index contributed by atoms with van der Waals surface area (Å²) in [6.07, 6.45) is 1.76. The van der Waals surface area contributed by atoms with E-state index in [0.29, 0.717) is 23.4 Å². The van der Waals surface area contributed by atoms with Gasteiger partial charge in [-0.15, -0.1) is 0 Å². The normalized spacial score (nSPS) is 17.2. The Bertz CT molecular complexity index is 987. The van der Waals surface area contributed by atoms with E-state index >= 15 is 0 Å². The Morgan fingerprint density at radius 1 is 1.10 bits per heavy atom. The Morgan fingerprint density at radius 3 is 2.38 bits per heavy atom. The van der Waals surface area contributed by atoms with Gasteiger partial charge in [0.25, 0.3) is 0 Å². The Hall–Kier alpha value is -2.22. The summed E-state index contributed by atoms with van der Waals surface area (Å²) in [5, 5.41) is 0.423. The smallest absolute Gasteiger partial charge is 0.324 e. The van der Waals surface area contributed by atoms with Gasteiger partial charge in [-0.05, 0) is 49.1 Å². The fourth-order valence-electron chi connectivity index (χ4n) is 3.25. The molecule has 0 spiro atoms. The molecule has 29 heavy (non-hydrogen) atoms. The number of nitrogens with zero attached hydrogens (tertiary/aromatic N) is 1. The van der Waals surface area contributed by atoms with Crippen LogP contribution in [0.25, 0.3) is 0 Å². The van der Waals surface area contributed by atoms with E-state index in [1.807, 2.05) is 19.1 Å². The summed E-state index contributed by atoms with van der Waals surface area (Å²) in [4.78, 5) is 24.9. The van der Waals surface area contributed by atoms with Crippen LogP contribution in [0.4, 0.5) is 0 Å². The van der Waals surface area contributed by atoms with Crippen molar-refractivity contribution < 1.29 is 22.7 Å². The van der Waals surface area contributed by atoms with Gasteiger partial charge in [0.05, 0.1) is 4.90 Å². The van der Waals surface area contributed by atoms with E-state index in [1.54, 1.807) is 12.1 Å². The van der Waals surface area contributed by atoms with Gasteiger partial charge < -0.3 is 4.74 Å². The standard InChI is InChI=1S/C21H22ClNO5S/c1-2-15-5-7-16(8-6-15)20(24)14-28-21(25)19-4-3-13-23(19)29(26,27)18-11-9-17(22)10-12-18/h5-12,19H,2-4,13-14H2,1H3. The van der Waals surface area contributed by atoms with E-state index in [-0.39, 0.29) is 17.2 Å². The summed E-state index contributed by atoms with van der Waals surface area (Å²) < 4.78 is 32.1. The molecule has 1 aliphatic rings. The zero-order chi connectivity index (χ0) is 21.0. The second-order valence-electron chi connectivity index (χ2n) is 6.81.